The van der Waals surface area contributed by atoms with Crippen molar-refractivity contribution >= 4 is 31.4 Å². The highest BCUT2D eigenvalue weighted by Crippen LogP contribution is 2.30. The van der Waals surface area contributed by atoms with E-state index < -0.39 is 25.6 Å². The molecule has 1 saturated heterocycles. The molecule has 0 spiro atoms. The Labute approximate surface area is 141 Å². The molecule has 1 aliphatic rings. The smallest absolute Gasteiger partial charge is 0.250 e. The fourth-order valence-electron chi connectivity index (χ4n) is 2.70. The summed E-state index contributed by atoms with van der Waals surface area (Å²) in [6.45, 7) is 1.01. The highest BCUT2D eigenvalue weighted by molar-refractivity contribution is 7.91. The van der Waals surface area contributed by atoms with E-state index in [1.54, 1.807) is 24.6 Å². The van der Waals surface area contributed by atoms with E-state index in [1.165, 1.54) is 10.6 Å². The van der Waals surface area contributed by atoms with Crippen molar-refractivity contribution < 1.29 is 21.6 Å². The molecule has 0 atom stereocenters. The van der Waals surface area contributed by atoms with E-state index in [9.17, 15) is 16.8 Å². The number of nitrogens with one attached hydrogen (secondary N) is 1. The molecule has 132 valence electrons. The largest absolute Gasteiger partial charge is 0.385 e. The van der Waals surface area contributed by atoms with Gasteiger partial charge < -0.3 is 4.74 Å². The molecule has 1 fully saturated rings. The zero-order chi connectivity index (χ0) is 17.1. The Morgan fingerprint density at radius 2 is 1.96 bits per heavy atom. The predicted octanol–water partition coefficient (Wildman–Crippen LogP) is 0.857. The molecule has 1 aromatic heterocycles. The van der Waals surface area contributed by atoms with Crippen LogP contribution in [0.3, 0.4) is 0 Å². The molecule has 2 rings (SSSR count). The Kier molecular flexibility index (Phi) is 5.85. The molecule has 1 N–H and O–H groups in total. The molecule has 0 bridgehead atoms. The van der Waals surface area contributed by atoms with E-state index >= 15 is 0 Å². The van der Waals surface area contributed by atoms with Crippen molar-refractivity contribution in [2.45, 2.75) is 29.0 Å². The average molecular weight is 383 g/mol. The first kappa shape index (κ1) is 18.8. The van der Waals surface area contributed by atoms with Gasteiger partial charge in [-0.05, 0) is 30.7 Å². The first-order valence-corrected chi connectivity index (χ1v) is 11.4. The Bertz CT molecular complexity index is 705. The van der Waals surface area contributed by atoms with Gasteiger partial charge in [-0.2, -0.15) is 0 Å². The average Bonchev–Trinajstić information content (AvgIpc) is 2.99. The third-order valence-electron chi connectivity index (χ3n) is 4.04. The van der Waals surface area contributed by atoms with Crippen molar-refractivity contribution in [2.24, 2.45) is 0 Å². The van der Waals surface area contributed by atoms with Gasteiger partial charge in [0.05, 0.1) is 6.26 Å². The van der Waals surface area contributed by atoms with Crippen LogP contribution < -0.4 is 4.72 Å². The van der Waals surface area contributed by atoms with Gasteiger partial charge in [0.1, 0.15) is 4.21 Å². The number of piperidine rings is 1. The molecule has 2 heterocycles. The van der Waals surface area contributed by atoms with Crippen molar-refractivity contribution in [1.82, 2.24) is 9.03 Å². The number of rotatable bonds is 7. The highest BCUT2D eigenvalue weighted by Gasteiger charge is 2.40. The summed E-state index contributed by atoms with van der Waals surface area (Å²) in [6, 6.07) is 3.25. The maximum Gasteiger partial charge on any atom is 0.250 e. The van der Waals surface area contributed by atoms with E-state index in [0.717, 1.165) is 11.3 Å². The third kappa shape index (κ3) is 4.74. The maximum absolute atomic E-state index is 12.5. The normalized spacial score (nSPS) is 19.7. The van der Waals surface area contributed by atoms with Gasteiger partial charge in [-0.3, -0.25) is 0 Å². The SMILES string of the molecule is COCCC1(NS(=O)(=O)c2cccs2)CCN(S(C)(=O)=O)CC1. The van der Waals surface area contributed by atoms with E-state index in [4.69, 9.17) is 4.74 Å². The van der Waals surface area contributed by atoms with Gasteiger partial charge in [0.15, 0.2) is 0 Å². The molecule has 0 aliphatic carbocycles. The van der Waals surface area contributed by atoms with Crippen LogP contribution in [0.5, 0.6) is 0 Å². The lowest BCUT2D eigenvalue weighted by Crippen LogP contribution is -2.56. The maximum atomic E-state index is 12.5. The van der Waals surface area contributed by atoms with Crippen LogP contribution in [-0.4, -0.2) is 59.7 Å². The summed E-state index contributed by atoms with van der Waals surface area (Å²) in [5, 5.41) is 1.71. The number of ether oxygens (including phenoxy) is 1. The fraction of sp³-hybridized carbons (Fsp3) is 0.692. The van der Waals surface area contributed by atoms with Gasteiger partial charge in [-0.15, -0.1) is 11.3 Å². The number of hydrogen-bond acceptors (Lipinski definition) is 6. The summed E-state index contributed by atoms with van der Waals surface area (Å²) in [7, 11) is -5.31. The van der Waals surface area contributed by atoms with Crippen molar-refractivity contribution in [3.05, 3.63) is 17.5 Å². The Morgan fingerprint density at radius 3 is 2.43 bits per heavy atom. The van der Waals surface area contributed by atoms with Crippen LogP contribution in [0, 0.1) is 0 Å². The molecule has 23 heavy (non-hydrogen) atoms. The van der Waals surface area contributed by atoms with Gasteiger partial charge in [0.2, 0.25) is 10.0 Å². The topological polar surface area (TPSA) is 92.8 Å². The molecule has 10 heteroatoms. The lowest BCUT2D eigenvalue weighted by molar-refractivity contribution is 0.132. The Hall–Kier alpha value is -0.520. The molecule has 7 nitrogen and oxygen atoms in total. The first-order valence-electron chi connectivity index (χ1n) is 7.20. The van der Waals surface area contributed by atoms with Crippen LogP contribution in [0.15, 0.2) is 21.7 Å². The molecule has 1 aliphatic heterocycles. The molecular formula is C13H22N2O5S3. The van der Waals surface area contributed by atoms with Crippen LogP contribution in [-0.2, 0) is 24.8 Å². The van der Waals surface area contributed by atoms with Gasteiger partial charge in [0, 0.05) is 32.3 Å². The molecule has 0 unspecified atom stereocenters. The summed E-state index contributed by atoms with van der Waals surface area (Å²) >= 11 is 1.16. The molecule has 0 amide bonds. The Balaban J connectivity index is 2.18. The van der Waals surface area contributed by atoms with E-state index in [-0.39, 0.29) is 4.21 Å². The van der Waals surface area contributed by atoms with Crippen molar-refractivity contribution in [2.75, 3.05) is 33.1 Å². The van der Waals surface area contributed by atoms with Crippen molar-refractivity contribution in [1.29, 1.82) is 0 Å². The van der Waals surface area contributed by atoms with Crippen molar-refractivity contribution in [3.63, 3.8) is 0 Å². The van der Waals surface area contributed by atoms with Crippen LogP contribution in [0.4, 0.5) is 0 Å². The lowest BCUT2D eigenvalue weighted by Gasteiger charge is -2.41. The summed E-state index contributed by atoms with van der Waals surface area (Å²) < 4.78 is 57.9. The van der Waals surface area contributed by atoms with Gasteiger partial charge in [-0.1, -0.05) is 6.07 Å². The van der Waals surface area contributed by atoms with E-state index in [2.05, 4.69) is 4.72 Å². The van der Waals surface area contributed by atoms with E-state index in [0.29, 0.717) is 39.0 Å². The number of hydrogen-bond donors (Lipinski definition) is 1. The van der Waals surface area contributed by atoms with Crippen LogP contribution in [0.25, 0.3) is 0 Å². The third-order valence-corrected chi connectivity index (χ3v) is 8.32. The zero-order valence-electron chi connectivity index (χ0n) is 13.2. The summed E-state index contributed by atoms with van der Waals surface area (Å²) in [5.41, 5.74) is -0.681. The molecule has 0 aromatic carbocycles. The van der Waals surface area contributed by atoms with Gasteiger partial charge in [0.25, 0.3) is 10.0 Å². The second-order valence-electron chi connectivity index (χ2n) is 5.72. The number of methoxy groups -OCH3 is 1. The first-order chi connectivity index (χ1) is 10.7. The predicted molar refractivity (Wildman–Crippen MR) is 89.5 cm³/mol. The second-order valence-corrected chi connectivity index (χ2v) is 10.6. The number of nitrogens with zero attached hydrogens (tertiary/aromatic N) is 1. The highest BCUT2D eigenvalue weighted by atomic mass is 32.2. The molecule has 0 radical (unpaired) electrons. The lowest BCUT2D eigenvalue weighted by atomic mass is 9.86. The fourth-order valence-corrected chi connectivity index (χ4v) is 6.03. The van der Waals surface area contributed by atoms with Crippen molar-refractivity contribution in [3.8, 4) is 0 Å². The summed E-state index contributed by atoms with van der Waals surface area (Å²) in [6.07, 6.45) is 2.53. The minimum absolute atomic E-state index is 0.264. The van der Waals surface area contributed by atoms with Crippen LogP contribution in [0.2, 0.25) is 0 Å². The van der Waals surface area contributed by atoms with Gasteiger partial charge in [-0.25, -0.2) is 25.9 Å². The minimum Gasteiger partial charge on any atom is -0.385 e. The molecule has 0 saturated carbocycles. The number of thiophene rings is 1. The summed E-state index contributed by atoms with van der Waals surface area (Å²) in [4.78, 5) is 0. The molecular weight excluding hydrogens is 360 g/mol. The second kappa shape index (κ2) is 7.16. The monoisotopic (exact) mass is 382 g/mol. The Morgan fingerprint density at radius 1 is 1.30 bits per heavy atom. The quantitative estimate of drug-likeness (QED) is 0.755. The van der Waals surface area contributed by atoms with Crippen LogP contribution in [0.1, 0.15) is 19.3 Å². The summed E-state index contributed by atoms with van der Waals surface area (Å²) in [5.74, 6) is 0. The minimum atomic E-state index is -3.61. The zero-order valence-corrected chi connectivity index (χ0v) is 15.6. The number of sulfonamides is 2. The standard InChI is InChI=1S/C13H22N2O5S3/c1-20-10-7-13(5-8-15(9-6-13)22(2,16)17)14-23(18,19)12-4-3-11-21-12/h3-4,11,14H,5-10H2,1-2H3. The van der Waals surface area contributed by atoms with Gasteiger partial charge >= 0.3 is 0 Å². The molecule has 1 aromatic rings. The van der Waals surface area contributed by atoms with Crippen LogP contribution >= 0.6 is 11.3 Å². The van der Waals surface area contributed by atoms with E-state index in [1.807, 2.05) is 0 Å².